The maximum absolute atomic E-state index is 13.6. The SMILES string of the molecule is CC(NC(=O)c1cc(COc2c(F)cccc2F)on1)c1cccc2ccccc12. The quantitative estimate of drug-likeness (QED) is 0.478. The van der Waals surface area contributed by atoms with Gasteiger partial charge in [-0.2, -0.15) is 0 Å². The summed E-state index contributed by atoms with van der Waals surface area (Å²) in [5.74, 6) is -2.42. The van der Waals surface area contributed by atoms with Crippen LogP contribution in [-0.2, 0) is 6.61 Å². The highest BCUT2D eigenvalue weighted by Gasteiger charge is 2.18. The van der Waals surface area contributed by atoms with Crippen molar-refractivity contribution in [3.05, 3.63) is 95.4 Å². The maximum atomic E-state index is 13.6. The van der Waals surface area contributed by atoms with Crippen LogP contribution in [0.25, 0.3) is 10.8 Å². The number of halogens is 2. The van der Waals surface area contributed by atoms with E-state index in [1.54, 1.807) is 0 Å². The summed E-state index contributed by atoms with van der Waals surface area (Å²) in [5.41, 5.74) is 1.03. The molecule has 0 fully saturated rings. The Morgan fingerprint density at radius 2 is 1.77 bits per heavy atom. The minimum absolute atomic E-state index is 0.0506. The second-order valence-electron chi connectivity index (χ2n) is 6.78. The number of carbonyl (C=O) groups excluding carboxylic acids is 1. The summed E-state index contributed by atoms with van der Waals surface area (Å²) in [7, 11) is 0. The molecule has 0 aliphatic rings. The van der Waals surface area contributed by atoms with Crippen LogP contribution in [0.2, 0.25) is 0 Å². The molecule has 3 aromatic carbocycles. The molecule has 1 atom stereocenters. The van der Waals surface area contributed by atoms with Gasteiger partial charge in [0.2, 0.25) is 0 Å². The lowest BCUT2D eigenvalue weighted by atomic mass is 9.99. The molecule has 0 saturated carbocycles. The second-order valence-corrected chi connectivity index (χ2v) is 6.78. The molecule has 1 N–H and O–H groups in total. The van der Waals surface area contributed by atoms with Gasteiger partial charge in [0.25, 0.3) is 5.91 Å². The van der Waals surface area contributed by atoms with Gasteiger partial charge in [-0.3, -0.25) is 4.79 Å². The Balaban J connectivity index is 1.44. The molecule has 0 spiro atoms. The first-order chi connectivity index (χ1) is 14.5. The topological polar surface area (TPSA) is 64.4 Å². The Kier molecular flexibility index (Phi) is 5.43. The van der Waals surface area contributed by atoms with Gasteiger partial charge in [0, 0.05) is 6.07 Å². The summed E-state index contributed by atoms with van der Waals surface area (Å²) in [6, 6.07) is 18.4. The normalized spacial score (nSPS) is 12.0. The van der Waals surface area contributed by atoms with Crippen molar-refractivity contribution in [2.75, 3.05) is 0 Å². The molecule has 0 aliphatic heterocycles. The largest absolute Gasteiger partial charge is 0.479 e. The van der Waals surface area contributed by atoms with Crippen molar-refractivity contribution in [3.8, 4) is 5.75 Å². The van der Waals surface area contributed by atoms with Crippen LogP contribution in [0.3, 0.4) is 0 Å². The predicted molar refractivity (Wildman–Crippen MR) is 107 cm³/mol. The number of rotatable bonds is 6. The van der Waals surface area contributed by atoms with Gasteiger partial charge in [0.1, 0.15) is 6.61 Å². The first-order valence-corrected chi connectivity index (χ1v) is 9.34. The summed E-state index contributed by atoms with van der Waals surface area (Å²) in [5, 5.41) is 8.75. The Hall–Kier alpha value is -3.74. The summed E-state index contributed by atoms with van der Waals surface area (Å²) < 4.78 is 37.4. The average molecular weight is 408 g/mol. The lowest BCUT2D eigenvalue weighted by Gasteiger charge is -2.15. The van der Waals surface area contributed by atoms with Crippen molar-refractivity contribution in [1.29, 1.82) is 0 Å². The number of amides is 1. The number of ether oxygens (including phenoxy) is 1. The number of para-hydroxylation sites is 1. The third kappa shape index (κ3) is 4.00. The van der Waals surface area contributed by atoms with Gasteiger partial charge in [-0.1, -0.05) is 53.7 Å². The number of fused-ring (bicyclic) bond motifs is 1. The zero-order chi connectivity index (χ0) is 21.1. The molecule has 0 saturated heterocycles. The van der Waals surface area contributed by atoms with E-state index in [4.69, 9.17) is 9.26 Å². The Morgan fingerprint density at radius 3 is 2.57 bits per heavy atom. The standard InChI is InChI=1S/C23H18F2N2O3/c1-14(17-9-4-7-15-6-2-3-8-18(15)17)26-23(28)21-12-16(30-27-21)13-29-22-19(24)10-5-11-20(22)25/h2-12,14H,13H2,1H3,(H,26,28). The van der Waals surface area contributed by atoms with Crippen LogP contribution in [0.4, 0.5) is 8.78 Å². The summed E-state index contributed by atoms with van der Waals surface area (Å²) >= 11 is 0. The lowest BCUT2D eigenvalue weighted by Crippen LogP contribution is -2.27. The minimum atomic E-state index is -0.823. The van der Waals surface area contributed by atoms with Gasteiger partial charge in [0.05, 0.1) is 6.04 Å². The molecular formula is C23H18F2N2O3. The monoisotopic (exact) mass is 408 g/mol. The Bertz CT molecular complexity index is 1180. The fourth-order valence-electron chi connectivity index (χ4n) is 3.23. The van der Waals surface area contributed by atoms with Gasteiger partial charge in [-0.15, -0.1) is 0 Å². The highest BCUT2D eigenvalue weighted by atomic mass is 19.1. The summed E-state index contributed by atoms with van der Waals surface area (Å²) in [4.78, 5) is 12.6. The minimum Gasteiger partial charge on any atom is -0.479 e. The molecule has 1 aromatic heterocycles. The molecule has 0 radical (unpaired) electrons. The van der Waals surface area contributed by atoms with Crippen LogP contribution in [0, 0.1) is 11.6 Å². The van der Waals surface area contributed by atoms with E-state index >= 15 is 0 Å². The van der Waals surface area contributed by atoms with Crippen molar-refractivity contribution in [2.24, 2.45) is 0 Å². The van der Waals surface area contributed by atoms with Crippen LogP contribution in [0.5, 0.6) is 5.75 Å². The molecule has 30 heavy (non-hydrogen) atoms. The second kappa shape index (κ2) is 8.32. The number of carbonyl (C=O) groups is 1. The van der Waals surface area contributed by atoms with E-state index in [1.165, 1.54) is 12.1 Å². The lowest BCUT2D eigenvalue weighted by molar-refractivity contribution is 0.0930. The van der Waals surface area contributed by atoms with Crippen molar-refractivity contribution >= 4 is 16.7 Å². The smallest absolute Gasteiger partial charge is 0.273 e. The molecular weight excluding hydrogens is 390 g/mol. The molecule has 5 nitrogen and oxygen atoms in total. The number of hydrogen-bond donors (Lipinski definition) is 1. The van der Waals surface area contributed by atoms with Crippen LogP contribution < -0.4 is 10.1 Å². The van der Waals surface area contributed by atoms with Gasteiger partial charge >= 0.3 is 0 Å². The van der Waals surface area contributed by atoms with Crippen LogP contribution in [0.15, 0.2) is 71.3 Å². The fourth-order valence-corrected chi connectivity index (χ4v) is 3.23. The van der Waals surface area contributed by atoms with E-state index in [0.717, 1.165) is 28.5 Å². The Labute approximate surface area is 171 Å². The van der Waals surface area contributed by atoms with Crippen LogP contribution >= 0.6 is 0 Å². The highest BCUT2D eigenvalue weighted by Crippen LogP contribution is 2.25. The third-order valence-corrected chi connectivity index (χ3v) is 4.71. The van der Waals surface area contributed by atoms with E-state index in [-0.39, 0.29) is 24.1 Å². The molecule has 4 rings (SSSR count). The number of benzene rings is 3. The molecule has 7 heteroatoms. The van der Waals surface area contributed by atoms with Crippen molar-refractivity contribution < 1.29 is 22.8 Å². The van der Waals surface area contributed by atoms with Gasteiger partial charge in [-0.25, -0.2) is 8.78 Å². The zero-order valence-electron chi connectivity index (χ0n) is 16.1. The number of nitrogens with zero attached hydrogens (tertiary/aromatic N) is 1. The van der Waals surface area contributed by atoms with E-state index in [0.29, 0.717) is 0 Å². The Morgan fingerprint density at radius 1 is 1.07 bits per heavy atom. The molecule has 1 heterocycles. The van der Waals surface area contributed by atoms with Gasteiger partial charge < -0.3 is 14.6 Å². The van der Waals surface area contributed by atoms with E-state index < -0.39 is 23.3 Å². The molecule has 0 aliphatic carbocycles. The molecule has 4 aromatic rings. The number of nitrogens with one attached hydrogen (secondary N) is 1. The molecule has 1 amide bonds. The summed E-state index contributed by atoms with van der Waals surface area (Å²) in [6.45, 7) is 1.61. The van der Waals surface area contributed by atoms with Crippen LogP contribution in [0.1, 0.15) is 34.8 Å². The third-order valence-electron chi connectivity index (χ3n) is 4.71. The number of hydrogen-bond acceptors (Lipinski definition) is 4. The molecule has 1 unspecified atom stereocenters. The predicted octanol–water partition coefficient (Wildman–Crippen LogP) is 5.18. The van der Waals surface area contributed by atoms with Crippen molar-refractivity contribution in [3.63, 3.8) is 0 Å². The van der Waals surface area contributed by atoms with Crippen molar-refractivity contribution in [2.45, 2.75) is 19.6 Å². The number of aromatic nitrogens is 1. The first-order valence-electron chi connectivity index (χ1n) is 9.34. The molecule has 152 valence electrons. The zero-order valence-corrected chi connectivity index (χ0v) is 16.1. The molecule has 0 bridgehead atoms. The van der Waals surface area contributed by atoms with Crippen molar-refractivity contribution in [1.82, 2.24) is 10.5 Å². The highest BCUT2D eigenvalue weighted by molar-refractivity contribution is 5.93. The van der Waals surface area contributed by atoms with Gasteiger partial charge in [-0.05, 0) is 35.4 Å². The van der Waals surface area contributed by atoms with E-state index in [1.807, 2.05) is 49.4 Å². The fraction of sp³-hybridized carbons (Fsp3) is 0.130. The average Bonchev–Trinajstić information content (AvgIpc) is 3.22. The van der Waals surface area contributed by atoms with E-state index in [2.05, 4.69) is 10.5 Å². The maximum Gasteiger partial charge on any atom is 0.273 e. The first kappa shape index (κ1) is 19.6. The van der Waals surface area contributed by atoms with Crippen LogP contribution in [-0.4, -0.2) is 11.1 Å². The summed E-state index contributed by atoms with van der Waals surface area (Å²) in [6.07, 6.45) is 0. The van der Waals surface area contributed by atoms with Gasteiger partial charge in [0.15, 0.2) is 28.8 Å². The van der Waals surface area contributed by atoms with E-state index in [9.17, 15) is 13.6 Å².